The topological polar surface area (TPSA) is 153 Å². The molecule has 0 bridgehead atoms. The van der Waals surface area contributed by atoms with Crippen LogP contribution < -0.4 is 25.8 Å². The number of rotatable bonds is 12. The fourth-order valence-electron chi connectivity index (χ4n) is 6.19. The van der Waals surface area contributed by atoms with Crippen LogP contribution in [0.15, 0.2) is 71.8 Å². The van der Waals surface area contributed by atoms with Crippen molar-refractivity contribution in [2.45, 2.75) is 82.7 Å². The number of nitrogens with two attached hydrogens (primary N) is 1. The van der Waals surface area contributed by atoms with Crippen LogP contribution in [0.4, 0.5) is 17.2 Å². The Morgan fingerprint density at radius 3 is 2.45 bits per heavy atom. The number of aromatic nitrogens is 1. The van der Waals surface area contributed by atoms with E-state index in [0.29, 0.717) is 65.8 Å². The first-order chi connectivity index (χ1) is 23.3. The number of nitrogen functional groups attached to an aromatic ring is 1. The first kappa shape index (κ1) is 35.5. The van der Waals surface area contributed by atoms with Crippen molar-refractivity contribution in [3.05, 3.63) is 78.0 Å². The largest absolute Gasteiger partial charge is 0.490 e. The van der Waals surface area contributed by atoms with E-state index in [1.54, 1.807) is 43.1 Å². The van der Waals surface area contributed by atoms with E-state index in [9.17, 15) is 18.0 Å². The van der Waals surface area contributed by atoms with E-state index in [2.05, 4.69) is 15.6 Å². The fourth-order valence-corrected chi connectivity index (χ4v) is 7.48. The molecule has 5 rings (SSSR count). The van der Waals surface area contributed by atoms with Crippen molar-refractivity contribution in [1.82, 2.24) is 9.88 Å². The van der Waals surface area contributed by atoms with Gasteiger partial charge in [0.1, 0.15) is 11.9 Å². The molecule has 4 N–H and O–H groups in total. The summed E-state index contributed by atoms with van der Waals surface area (Å²) in [5.41, 5.74) is 8.38. The number of nitrogens with zero attached hydrogens (tertiary/aromatic N) is 2. The Balaban J connectivity index is 1.61. The minimum absolute atomic E-state index is 0.0879. The standard InChI is InChI=1S/C37H45N5O6S/c1-7-47-33-20-26(10-14-32(33)48-22(2)3)35(41-27-11-13-29-25(19-27)16-17-39-36(29)38)37(44)42-18-8-9-31(42)30-21-28(40-24(6)43)12-15-34(30)49(45,46)23(4)5/h10-17,19-23,31,35,41H,7-9,18H2,1-6H3,(H2,38,39)(H,40,43)/t31-,35-/m0/s1. The molecule has 1 saturated heterocycles. The summed E-state index contributed by atoms with van der Waals surface area (Å²) in [6, 6.07) is 16.3. The predicted molar refractivity (Wildman–Crippen MR) is 193 cm³/mol. The molecule has 260 valence electrons. The molecule has 12 heteroatoms. The lowest BCUT2D eigenvalue weighted by molar-refractivity contribution is -0.133. The summed E-state index contributed by atoms with van der Waals surface area (Å²) >= 11 is 0. The summed E-state index contributed by atoms with van der Waals surface area (Å²) in [6.45, 7) is 11.2. The first-order valence-corrected chi connectivity index (χ1v) is 18.1. The van der Waals surface area contributed by atoms with Crippen LogP contribution in [0.2, 0.25) is 0 Å². The van der Waals surface area contributed by atoms with Gasteiger partial charge in [-0.2, -0.15) is 0 Å². The number of pyridine rings is 1. The van der Waals surface area contributed by atoms with Crippen LogP contribution in [0, 0.1) is 0 Å². The summed E-state index contributed by atoms with van der Waals surface area (Å²) in [5.74, 6) is 0.966. The van der Waals surface area contributed by atoms with E-state index in [4.69, 9.17) is 15.2 Å². The van der Waals surface area contributed by atoms with Gasteiger partial charge >= 0.3 is 0 Å². The molecule has 0 radical (unpaired) electrons. The van der Waals surface area contributed by atoms with Crippen molar-refractivity contribution in [3.8, 4) is 11.5 Å². The number of carbonyl (C=O) groups is 2. The van der Waals surface area contributed by atoms with Crippen molar-refractivity contribution >= 4 is 49.6 Å². The molecule has 2 amide bonds. The zero-order valence-corrected chi connectivity index (χ0v) is 29.6. The minimum atomic E-state index is -3.72. The third kappa shape index (κ3) is 7.75. The van der Waals surface area contributed by atoms with Gasteiger partial charge in [0.15, 0.2) is 21.3 Å². The molecular weight excluding hydrogens is 643 g/mol. The van der Waals surface area contributed by atoms with Crippen LogP contribution in [0.1, 0.15) is 77.6 Å². The lowest BCUT2D eigenvalue weighted by atomic mass is 10.00. The Bertz CT molecular complexity index is 1960. The van der Waals surface area contributed by atoms with Crippen LogP contribution in [-0.2, 0) is 19.4 Å². The number of benzene rings is 3. The van der Waals surface area contributed by atoms with Crippen molar-refractivity contribution in [1.29, 1.82) is 0 Å². The third-order valence-corrected chi connectivity index (χ3v) is 10.7. The lowest BCUT2D eigenvalue weighted by Crippen LogP contribution is -2.38. The Morgan fingerprint density at radius 1 is 1.00 bits per heavy atom. The summed E-state index contributed by atoms with van der Waals surface area (Å²) in [7, 11) is -3.72. The maximum Gasteiger partial charge on any atom is 0.250 e. The minimum Gasteiger partial charge on any atom is -0.490 e. The molecule has 1 aliphatic heterocycles. The lowest BCUT2D eigenvalue weighted by Gasteiger charge is -2.32. The number of anilines is 3. The molecule has 1 aromatic heterocycles. The zero-order valence-electron chi connectivity index (χ0n) is 28.8. The van der Waals surface area contributed by atoms with Crippen molar-refractivity contribution in [2.75, 3.05) is 29.5 Å². The van der Waals surface area contributed by atoms with Gasteiger partial charge in [-0.1, -0.05) is 6.07 Å². The van der Waals surface area contributed by atoms with E-state index < -0.39 is 27.2 Å². The third-order valence-electron chi connectivity index (χ3n) is 8.47. The second kappa shape index (κ2) is 14.7. The average Bonchev–Trinajstić information content (AvgIpc) is 3.54. The molecule has 0 unspecified atom stereocenters. The Labute approximate surface area is 288 Å². The number of carbonyl (C=O) groups excluding carboxylic acids is 2. The van der Waals surface area contributed by atoms with Gasteiger partial charge in [-0.25, -0.2) is 13.4 Å². The molecule has 4 aromatic rings. The number of nitrogens with one attached hydrogen (secondary N) is 2. The second-order valence-corrected chi connectivity index (χ2v) is 15.2. The number of hydrogen-bond acceptors (Lipinski definition) is 9. The highest BCUT2D eigenvalue weighted by Crippen LogP contribution is 2.41. The number of fused-ring (bicyclic) bond motifs is 1. The molecular formula is C37H45N5O6S. The Kier molecular flexibility index (Phi) is 10.7. The molecule has 1 aliphatic rings. The van der Waals surface area contributed by atoms with E-state index in [1.807, 2.05) is 57.2 Å². The number of ether oxygens (including phenoxy) is 2. The molecule has 0 saturated carbocycles. The normalized spacial score (nSPS) is 15.4. The van der Waals surface area contributed by atoms with Gasteiger partial charge in [0.05, 0.1) is 28.9 Å². The second-order valence-electron chi connectivity index (χ2n) is 12.7. The van der Waals surface area contributed by atoms with Crippen molar-refractivity contribution < 1.29 is 27.5 Å². The summed E-state index contributed by atoms with van der Waals surface area (Å²) in [5, 5.41) is 7.20. The SMILES string of the molecule is CCOc1cc([C@H](Nc2ccc3c(N)nccc3c2)C(=O)N2CCC[C@H]2c2cc(NC(C)=O)ccc2S(=O)(=O)C(C)C)ccc1OC(C)C. The highest BCUT2D eigenvalue weighted by molar-refractivity contribution is 7.92. The van der Waals surface area contributed by atoms with Gasteiger partial charge in [0.2, 0.25) is 11.8 Å². The maximum atomic E-state index is 14.9. The van der Waals surface area contributed by atoms with Gasteiger partial charge < -0.3 is 30.7 Å². The van der Waals surface area contributed by atoms with E-state index in [1.165, 1.54) is 13.0 Å². The van der Waals surface area contributed by atoms with E-state index in [0.717, 1.165) is 10.8 Å². The van der Waals surface area contributed by atoms with Crippen molar-refractivity contribution in [3.63, 3.8) is 0 Å². The number of likely N-dealkylation sites (tertiary alicyclic amines) is 1. The number of amides is 2. The smallest absolute Gasteiger partial charge is 0.250 e. The highest BCUT2D eigenvalue weighted by atomic mass is 32.2. The van der Waals surface area contributed by atoms with Gasteiger partial charge in [-0.3, -0.25) is 9.59 Å². The summed E-state index contributed by atoms with van der Waals surface area (Å²) < 4.78 is 39.2. The van der Waals surface area contributed by atoms with E-state index >= 15 is 0 Å². The summed E-state index contributed by atoms with van der Waals surface area (Å²) in [4.78, 5) is 32.9. The van der Waals surface area contributed by atoms with Gasteiger partial charge in [-0.05, 0) is 119 Å². The van der Waals surface area contributed by atoms with Crippen LogP contribution in [0.5, 0.6) is 11.5 Å². The molecule has 0 aliphatic carbocycles. The van der Waals surface area contributed by atoms with Gasteiger partial charge in [0, 0.05) is 36.4 Å². The van der Waals surface area contributed by atoms with Crippen molar-refractivity contribution in [2.24, 2.45) is 0 Å². The molecule has 0 spiro atoms. The molecule has 1 fully saturated rings. The maximum absolute atomic E-state index is 14.9. The Hall–Kier alpha value is -4.84. The van der Waals surface area contributed by atoms with Crippen LogP contribution in [0.3, 0.4) is 0 Å². The average molecular weight is 688 g/mol. The molecule has 2 heterocycles. The molecule has 3 aromatic carbocycles. The predicted octanol–water partition coefficient (Wildman–Crippen LogP) is 6.66. The van der Waals surface area contributed by atoms with Gasteiger partial charge in [-0.15, -0.1) is 0 Å². The summed E-state index contributed by atoms with van der Waals surface area (Å²) in [6.07, 6.45) is 2.77. The van der Waals surface area contributed by atoms with E-state index in [-0.39, 0.29) is 22.8 Å². The molecule has 49 heavy (non-hydrogen) atoms. The molecule has 2 atom stereocenters. The first-order valence-electron chi connectivity index (χ1n) is 16.6. The van der Waals surface area contributed by atoms with Crippen LogP contribution >= 0.6 is 0 Å². The molecule has 11 nitrogen and oxygen atoms in total. The quantitative estimate of drug-likeness (QED) is 0.148. The fraction of sp³-hybridized carbons (Fsp3) is 0.378. The van der Waals surface area contributed by atoms with Gasteiger partial charge in [0.25, 0.3) is 0 Å². The number of hydrogen-bond donors (Lipinski definition) is 3. The Morgan fingerprint density at radius 2 is 1.76 bits per heavy atom. The van der Waals surface area contributed by atoms with Crippen LogP contribution in [0.25, 0.3) is 10.8 Å². The highest BCUT2D eigenvalue weighted by Gasteiger charge is 2.38. The number of sulfone groups is 1. The van der Waals surface area contributed by atoms with Crippen LogP contribution in [-0.4, -0.2) is 54.6 Å². The zero-order chi connectivity index (χ0) is 35.5. The monoisotopic (exact) mass is 687 g/mol.